The average molecular weight is 475 g/mol. The molecule has 2 unspecified atom stereocenters. The molecule has 11 nitrogen and oxygen atoms in total. The number of aliphatic hydroxyl groups is 2. The predicted molar refractivity (Wildman–Crippen MR) is 131 cm³/mol. The number of imidazole rings is 1. The van der Waals surface area contributed by atoms with Crippen LogP contribution in [0, 0.1) is 0 Å². The first-order chi connectivity index (χ1) is 17.1. The number of aromatic nitrogens is 5. The van der Waals surface area contributed by atoms with E-state index < -0.39 is 12.2 Å². The Hall–Kier alpha value is -3.96. The number of piperazine rings is 1. The lowest BCUT2D eigenvalue weighted by molar-refractivity contribution is 0.0572. The van der Waals surface area contributed by atoms with Gasteiger partial charge in [0.05, 0.1) is 17.9 Å². The molecule has 6 rings (SSSR count). The van der Waals surface area contributed by atoms with Crippen LogP contribution >= 0.6 is 0 Å². The Morgan fingerprint density at radius 1 is 0.743 bits per heavy atom. The summed E-state index contributed by atoms with van der Waals surface area (Å²) < 4.78 is 1.90. The van der Waals surface area contributed by atoms with Crippen molar-refractivity contribution in [2.45, 2.75) is 12.2 Å². The number of rotatable bonds is 4. The summed E-state index contributed by atoms with van der Waals surface area (Å²) in [7, 11) is 0. The zero-order chi connectivity index (χ0) is 23.9. The molecule has 11 heteroatoms. The van der Waals surface area contributed by atoms with Gasteiger partial charge < -0.3 is 30.0 Å². The van der Waals surface area contributed by atoms with Crippen LogP contribution < -0.4 is 14.7 Å². The van der Waals surface area contributed by atoms with E-state index in [9.17, 15) is 15.3 Å². The monoisotopic (exact) mass is 474 g/mol. The summed E-state index contributed by atoms with van der Waals surface area (Å²) in [5.41, 5.74) is 3.23. The summed E-state index contributed by atoms with van der Waals surface area (Å²) in [6.45, 7) is 3.58. The van der Waals surface area contributed by atoms with Gasteiger partial charge in [-0.3, -0.25) is 9.55 Å². The number of hydrogen-bond acceptors (Lipinski definition) is 10. The van der Waals surface area contributed by atoms with Gasteiger partial charge in [0.1, 0.15) is 12.1 Å². The Morgan fingerprint density at radius 3 is 2.09 bits per heavy atom. The van der Waals surface area contributed by atoms with E-state index in [0.29, 0.717) is 22.9 Å². The van der Waals surface area contributed by atoms with Crippen molar-refractivity contribution in [2.75, 3.05) is 54.0 Å². The summed E-state index contributed by atoms with van der Waals surface area (Å²) in [5.74, 6) is 1.45. The molecule has 5 heterocycles. The topological polar surface area (TPSA) is 127 Å². The largest absolute Gasteiger partial charge is 0.508 e. The molecule has 0 spiro atoms. The van der Waals surface area contributed by atoms with Crippen LogP contribution in [0.15, 0.2) is 55.1 Å². The smallest absolute Gasteiger partial charge is 0.229 e. The number of pyridine rings is 1. The molecule has 0 saturated carbocycles. The van der Waals surface area contributed by atoms with Crippen LogP contribution in [0.3, 0.4) is 0 Å². The third kappa shape index (κ3) is 3.98. The number of anilines is 3. The number of fused-ring (bicyclic) bond motifs is 1. The highest BCUT2D eigenvalue weighted by atomic mass is 16.3. The maximum atomic E-state index is 10.2. The van der Waals surface area contributed by atoms with Gasteiger partial charge in [0.25, 0.3) is 0 Å². The molecule has 4 aromatic rings. The number of benzene rings is 1. The van der Waals surface area contributed by atoms with Crippen LogP contribution in [0.2, 0.25) is 0 Å². The summed E-state index contributed by atoms with van der Waals surface area (Å²) in [6, 6.07) is 11.0. The number of β-amino-alcohol motifs (C(OH)–C–C–N with tert-alkyl or cyclic N) is 2. The van der Waals surface area contributed by atoms with E-state index in [-0.39, 0.29) is 18.8 Å². The van der Waals surface area contributed by atoms with E-state index in [1.807, 2.05) is 33.7 Å². The molecule has 2 aliphatic rings. The fourth-order valence-electron chi connectivity index (χ4n) is 4.70. The molecule has 2 fully saturated rings. The van der Waals surface area contributed by atoms with Gasteiger partial charge in [-0.15, -0.1) is 0 Å². The summed E-state index contributed by atoms with van der Waals surface area (Å²) in [4.78, 5) is 24.8. The highest BCUT2D eigenvalue weighted by Gasteiger charge is 2.33. The van der Waals surface area contributed by atoms with E-state index in [2.05, 4.69) is 19.8 Å². The first-order valence-electron chi connectivity index (χ1n) is 11.6. The molecule has 0 radical (unpaired) electrons. The second-order valence-electron chi connectivity index (χ2n) is 8.87. The zero-order valence-electron chi connectivity index (χ0n) is 19.0. The number of phenolic OH excluding ortho intramolecular Hbond substituents is 1. The quantitative estimate of drug-likeness (QED) is 0.391. The summed E-state index contributed by atoms with van der Waals surface area (Å²) >= 11 is 0. The van der Waals surface area contributed by atoms with Crippen molar-refractivity contribution in [1.82, 2.24) is 24.5 Å². The van der Waals surface area contributed by atoms with E-state index in [0.717, 1.165) is 37.6 Å². The minimum Gasteiger partial charge on any atom is -0.508 e. The Morgan fingerprint density at radius 2 is 1.40 bits per heavy atom. The van der Waals surface area contributed by atoms with Crippen molar-refractivity contribution in [2.24, 2.45) is 0 Å². The van der Waals surface area contributed by atoms with Gasteiger partial charge in [0.15, 0.2) is 17.0 Å². The minimum absolute atomic E-state index is 0.254. The van der Waals surface area contributed by atoms with Crippen LogP contribution in [0.4, 0.5) is 17.5 Å². The van der Waals surface area contributed by atoms with Crippen LogP contribution in [0.5, 0.6) is 5.75 Å². The molecule has 180 valence electrons. The molecular weight excluding hydrogens is 448 g/mol. The highest BCUT2D eigenvalue weighted by Crippen LogP contribution is 2.30. The number of aliphatic hydroxyl groups excluding tert-OH is 2. The first kappa shape index (κ1) is 21.6. The lowest BCUT2D eigenvalue weighted by Crippen LogP contribution is -2.47. The van der Waals surface area contributed by atoms with Crippen molar-refractivity contribution >= 4 is 28.6 Å². The molecular formula is C24H26N8O3. The van der Waals surface area contributed by atoms with Crippen LogP contribution in [-0.4, -0.2) is 91.3 Å². The average Bonchev–Trinajstić information content (AvgIpc) is 3.47. The standard InChI is InChI=1S/C24H26N8O3/c33-18-3-1-16(2-4-18)29-9-11-30(12-10-29)24-27-22(31-13-19(34)20(35)14-31)21-23(28-24)32(15-26-21)17-5-7-25-8-6-17/h1-8,15,19-20,33-35H,9-14H2. The van der Waals surface area contributed by atoms with Gasteiger partial charge in [0, 0.05) is 57.3 Å². The minimum atomic E-state index is -0.834. The molecule has 0 bridgehead atoms. The summed E-state index contributed by atoms with van der Waals surface area (Å²) in [6.07, 6.45) is 3.49. The second-order valence-corrected chi connectivity index (χ2v) is 8.87. The second kappa shape index (κ2) is 8.67. The lowest BCUT2D eigenvalue weighted by atomic mass is 10.2. The molecule has 3 N–H and O–H groups in total. The molecule has 3 aromatic heterocycles. The van der Waals surface area contributed by atoms with E-state index in [1.165, 1.54) is 0 Å². The lowest BCUT2D eigenvalue weighted by Gasteiger charge is -2.36. The Bertz CT molecular complexity index is 1310. The molecule has 2 saturated heterocycles. The van der Waals surface area contributed by atoms with Crippen molar-refractivity contribution < 1.29 is 15.3 Å². The van der Waals surface area contributed by atoms with Gasteiger partial charge in [0.2, 0.25) is 5.95 Å². The van der Waals surface area contributed by atoms with Crippen LogP contribution in [-0.2, 0) is 0 Å². The van der Waals surface area contributed by atoms with E-state index in [1.54, 1.807) is 30.9 Å². The van der Waals surface area contributed by atoms with Crippen LogP contribution in [0.25, 0.3) is 16.9 Å². The fraction of sp³-hybridized carbons (Fsp3) is 0.333. The van der Waals surface area contributed by atoms with Gasteiger partial charge in [-0.2, -0.15) is 9.97 Å². The highest BCUT2D eigenvalue weighted by molar-refractivity contribution is 5.86. The molecule has 0 amide bonds. The Kier molecular flexibility index (Phi) is 5.34. The van der Waals surface area contributed by atoms with Gasteiger partial charge in [-0.1, -0.05) is 0 Å². The Balaban J connectivity index is 1.35. The van der Waals surface area contributed by atoms with Gasteiger partial charge >= 0.3 is 0 Å². The normalized spacial score (nSPS) is 20.7. The maximum absolute atomic E-state index is 10.2. The molecule has 2 atom stereocenters. The fourth-order valence-corrected chi connectivity index (χ4v) is 4.70. The van der Waals surface area contributed by atoms with Crippen molar-refractivity contribution in [3.63, 3.8) is 0 Å². The van der Waals surface area contributed by atoms with E-state index in [4.69, 9.17) is 9.97 Å². The van der Waals surface area contributed by atoms with Gasteiger partial charge in [-0.05, 0) is 36.4 Å². The van der Waals surface area contributed by atoms with Crippen LogP contribution in [0.1, 0.15) is 0 Å². The maximum Gasteiger partial charge on any atom is 0.229 e. The van der Waals surface area contributed by atoms with Crippen molar-refractivity contribution in [3.05, 3.63) is 55.1 Å². The summed E-state index contributed by atoms with van der Waals surface area (Å²) in [5, 5.41) is 29.9. The number of phenols is 1. The number of hydrogen-bond donors (Lipinski definition) is 3. The molecule has 35 heavy (non-hydrogen) atoms. The zero-order valence-corrected chi connectivity index (χ0v) is 19.0. The van der Waals surface area contributed by atoms with Gasteiger partial charge in [-0.25, -0.2) is 4.98 Å². The van der Waals surface area contributed by atoms with Crippen molar-refractivity contribution in [3.8, 4) is 11.4 Å². The van der Waals surface area contributed by atoms with E-state index >= 15 is 0 Å². The van der Waals surface area contributed by atoms with Crippen molar-refractivity contribution in [1.29, 1.82) is 0 Å². The first-order valence-corrected chi connectivity index (χ1v) is 11.6. The number of nitrogens with zero attached hydrogens (tertiary/aromatic N) is 8. The Labute approximate surface area is 201 Å². The third-order valence-corrected chi connectivity index (χ3v) is 6.64. The third-order valence-electron chi connectivity index (χ3n) is 6.64. The molecule has 2 aliphatic heterocycles. The molecule has 1 aromatic carbocycles. The SMILES string of the molecule is Oc1ccc(N2CCN(c3nc(N4CC(O)C(O)C4)c4ncn(-c5ccncc5)c4n3)CC2)cc1. The number of aromatic hydroxyl groups is 1. The predicted octanol–water partition coefficient (Wildman–Crippen LogP) is 0.784. The molecule has 0 aliphatic carbocycles.